The lowest BCUT2D eigenvalue weighted by molar-refractivity contribution is 0.0220. The maximum Gasteiger partial charge on any atom is 0.198 e. The summed E-state index contributed by atoms with van der Waals surface area (Å²) in [6, 6.07) is 0. The van der Waals surface area contributed by atoms with E-state index in [2.05, 4.69) is 36.5 Å². The minimum absolute atomic E-state index is 0.0545. The first kappa shape index (κ1) is 22.6. The van der Waals surface area contributed by atoms with Crippen LogP contribution in [0.15, 0.2) is 24.8 Å². The van der Waals surface area contributed by atoms with Crippen molar-refractivity contribution in [3.05, 3.63) is 36.4 Å². The van der Waals surface area contributed by atoms with Gasteiger partial charge in [-0.05, 0) is 32.5 Å². The van der Waals surface area contributed by atoms with E-state index in [1.54, 1.807) is 10.8 Å². The molecule has 0 spiro atoms. The molecule has 0 aromatic carbocycles. The van der Waals surface area contributed by atoms with Gasteiger partial charge < -0.3 is 13.6 Å². The highest BCUT2D eigenvalue weighted by Gasteiger charge is 2.40. The van der Waals surface area contributed by atoms with E-state index in [-0.39, 0.29) is 5.78 Å². The fourth-order valence-electron chi connectivity index (χ4n) is 3.79. The quantitative estimate of drug-likeness (QED) is 0.289. The third-order valence-corrected chi connectivity index (χ3v) is 5.99. The molecular weight excluding hydrogens is 368 g/mol. The summed E-state index contributed by atoms with van der Waals surface area (Å²) in [5.41, 5.74) is -0.530. The van der Waals surface area contributed by atoms with Gasteiger partial charge in [0.05, 0.1) is 0 Å². The highest BCUT2D eigenvalue weighted by atomic mass is 28.4. The Bertz CT molecular complexity index is 763. The molecule has 0 N–H and O–H groups in total. The lowest BCUT2D eigenvalue weighted by atomic mass is 9.89. The number of carbonyl (C=O) groups excluding carboxylic acids is 1. The van der Waals surface area contributed by atoms with Gasteiger partial charge in [-0.3, -0.25) is 4.79 Å². The molecule has 156 valence electrons. The molecule has 0 aliphatic rings. The van der Waals surface area contributed by atoms with Crippen molar-refractivity contribution in [1.29, 1.82) is 0 Å². The molecule has 6 nitrogen and oxygen atoms in total. The van der Waals surface area contributed by atoms with Gasteiger partial charge in [-0.2, -0.15) is 0 Å². The van der Waals surface area contributed by atoms with E-state index in [4.69, 9.17) is 4.43 Å². The average Bonchev–Trinajstić information content (AvgIpc) is 3.23. The fraction of sp³-hybridized carbons (Fsp3) is 0.667. The number of aromatic nitrogens is 4. The van der Waals surface area contributed by atoms with Crippen LogP contribution in [0.2, 0.25) is 19.6 Å². The Morgan fingerprint density at radius 1 is 1.04 bits per heavy atom. The van der Waals surface area contributed by atoms with Gasteiger partial charge in [0.1, 0.15) is 11.4 Å². The maximum absolute atomic E-state index is 12.8. The predicted molar refractivity (Wildman–Crippen MR) is 115 cm³/mol. The van der Waals surface area contributed by atoms with Gasteiger partial charge in [0.2, 0.25) is 0 Å². The number of nitrogens with zero attached hydrogens (tertiary/aromatic N) is 4. The molecular formula is C21H36N4O2Si. The van der Waals surface area contributed by atoms with Gasteiger partial charge in [0.15, 0.2) is 19.9 Å². The molecule has 0 saturated heterocycles. The first-order valence-corrected chi connectivity index (χ1v) is 13.8. The van der Waals surface area contributed by atoms with Crippen LogP contribution in [-0.4, -0.2) is 33.2 Å². The van der Waals surface area contributed by atoms with E-state index in [0.29, 0.717) is 18.7 Å². The molecule has 2 heterocycles. The topological polar surface area (TPSA) is 61.9 Å². The van der Waals surface area contributed by atoms with E-state index in [1.807, 2.05) is 37.3 Å². The van der Waals surface area contributed by atoms with Gasteiger partial charge in [0, 0.05) is 45.3 Å². The number of ketones is 1. The minimum atomic E-state index is -1.87. The lowest BCUT2D eigenvalue weighted by Gasteiger charge is -2.39. The molecule has 2 rings (SSSR count). The van der Waals surface area contributed by atoms with E-state index >= 15 is 0 Å². The number of rotatable bonds is 12. The molecule has 0 bridgehead atoms. The van der Waals surface area contributed by atoms with Crippen LogP contribution in [0.3, 0.4) is 0 Å². The standard InChI is InChI=1S/C21H36N4O2Si/c1-7-8-9-10-12-21(27-28(4,5)6,20-23-15-17-25(20)3)13-11-18(26)19-22-14-16-24(19)2/h14-17H,7-13H2,1-6H3. The highest BCUT2D eigenvalue weighted by Crippen LogP contribution is 2.38. The molecule has 1 unspecified atom stereocenters. The summed E-state index contributed by atoms with van der Waals surface area (Å²) >= 11 is 0. The maximum atomic E-state index is 12.8. The summed E-state index contributed by atoms with van der Waals surface area (Å²) in [6.45, 7) is 8.84. The second-order valence-corrected chi connectivity index (χ2v) is 13.1. The van der Waals surface area contributed by atoms with Crippen LogP contribution in [0.4, 0.5) is 0 Å². The molecule has 0 saturated carbocycles. The number of hydrogen-bond acceptors (Lipinski definition) is 4. The van der Waals surface area contributed by atoms with Gasteiger partial charge in [-0.1, -0.05) is 32.6 Å². The summed E-state index contributed by atoms with van der Waals surface area (Å²) in [5.74, 6) is 1.49. The SMILES string of the molecule is CCCCCCC(CCC(=O)c1nccn1C)(O[Si](C)(C)C)c1nccn1C. The van der Waals surface area contributed by atoms with Crippen LogP contribution >= 0.6 is 0 Å². The largest absolute Gasteiger partial charge is 0.405 e. The zero-order valence-corrected chi connectivity index (χ0v) is 19.4. The van der Waals surface area contributed by atoms with Crippen molar-refractivity contribution >= 4 is 14.1 Å². The molecule has 2 aromatic heterocycles. The van der Waals surface area contributed by atoms with E-state index < -0.39 is 13.9 Å². The lowest BCUT2D eigenvalue weighted by Crippen LogP contribution is -2.43. The Balaban J connectivity index is 2.30. The molecule has 0 amide bonds. The molecule has 2 aromatic rings. The van der Waals surface area contributed by atoms with Crippen LogP contribution in [0.5, 0.6) is 0 Å². The van der Waals surface area contributed by atoms with Crippen LogP contribution in [-0.2, 0) is 24.1 Å². The van der Waals surface area contributed by atoms with Gasteiger partial charge in [-0.25, -0.2) is 9.97 Å². The van der Waals surface area contributed by atoms with Crippen molar-refractivity contribution < 1.29 is 9.22 Å². The fourth-order valence-corrected chi connectivity index (χ4v) is 5.25. The Labute approximate surface area is 170 Å². The predicted octanol–water partition coefficient (Wildman–Crippen LogP) is 4.83. The zero-order chi connectivity index (χ0) is 20.8. The van der Waals surface area contributed by atoms with Crippen LogP contribution in [0.25, 0.3) is 0 Å². The Hall–Kier alpha value is -1.73. The summed E-state index contributed by atoms with van der Waals surface area (Å²) < 4.78 is 10.6. The monoisotopic (exact) mass is 404 g/mol. The van der Waals surface area contributed by atoms with Crippen molar-refractivity contribution in [1.82, 2.24) is 19.1 Å². The van der Waals surface area contributed by atoms with E-state index in [0.717, 1.165) is 18.7 Å². The molecule has 1 atom stereocenters. The zero-order valence-electron chi connectivity index (χ0n) is 18.4. The van der Waals surface area contributed by atoms with Crippen molar-refractivity contribution in [2.75, 3.05) is 0 Å². The normalized spacial score (nSPS) is 14.2. The van der Waals surface area contributed by atoms with E-state index in [1.165, 1.54) is 19.3 Å². The number of Topliss-reactive ketones (excluding diaryl/α,β-unsaturated/α-hetero) is 1. The number of unbranched alkanes of at least 4 members (excludes halogenated alkanes) is 3. The van der Waals surface area contributed by atoms with Crippen molar-refractivity contribution in [2.24, 2.45) is 14.1 Å². The molecule has 0 aliphatic carbocycles. The van der Waals surface area contributed by atoms with Crippen LogP contribution in [0, 0.1) is 0 Å². The van der Waals surface area contributed by atoms with Crippen LogP contribution in [0.1, 0.15) is 68.3 Å². The Morgan fingerprint density at radius 2 is 1.71 bits per heavy atom. The number of carbonyl (C=O) groups is 1. The van der Waals surface area contributed by atoms with Gasteiger partial charge in [0.25, 0.3) is 0 Å². The van der Waals surface area contributed by atoms with Crippen LogP contribution < -0.4 is 0 Å². The van der Waals surface area contributed by atoms with Crippen molar-refractivity contribution in [3.8, 4) is 0 Å². The number of aryl methyl sites for hydroxylation is 2. The number of imidazole rings is 2. The van der Waals surface area contributed by atoms with Gasteiger partial charge in [-0.15, -0.1) is 0 Å². The second-order valence-electron chi connectivity index (χ2n) is 8.67. The molecule has 0 fully saturated rings. The first-order valence-electron chi connectivity index (χ1n) is 10.4. The minimum Gasteiger partial charge on any atom is -0.405 e. The highest BCUT2D eigenvalue weighted by molar-refractivity contribution is 6.69. The van der Waals surface area contributed by atoms with Gasteiger partial charge >= 0.3 is 0 Å². The summed E-state index contributed by atoms with van der Waals surface area (Å²) in [5, 5.41) is 0. The average molecular weight is 405 g/mol. The summed E-state index contributed by atoms with van der Waals surface area (Å²) in [7, 11) is 1.99. The third-order valence-electron chi connectivity index (χ3n) is 4.99. The summed E-state index contributed by atoms with van der Waals surface area (Å²) in [4.78, 5) is 21.7. The number of hydrogen-bond donors (Lipinski definition) is 0. The molecule has 28 heavy (non-hydrogen) atoms. The molecule has 7 heteroatoms. The molecule has 0 radical (unpaired) electrons. The first-order chi connectivity index (χ1) is 13.2. The Kier molecular flexibility index (Phi) is 7.77. The summed E-state index contributed by atoms with van der Waals surface area (Å²) in [6.07, 6.45) is 13.8. The molecule has 0 aliphatic heterocycles. The van der Waals surface area contributed by atoms with Crippen molar-refractivity contribution in [3.63, 3.8) is 0 Å². The van der Waals surface area contributed by atoms with Crippen molar-refractivity contribution in [2.45, 2.75) is 77.1 Å². The smallest absolute Gasteiger partial charge is 0.198 e. The van der Waals surface area contributed by atoms with E-state index in [9.17, 15) is 4.79 Å². The Morgan fingerprint density at radius 3 is 2.25 bits per heavy atom. The second kappa shape index (κ2) is 9.65. The third kappa shape index (κ3) is 5.88.